The summed E-state index contributed by atoms with van der Waals surface area (Å²) in [6.07, 6.45) is 6.70. The van der Waals surface area contributed by atoms with Gasteiger partial charge in [-0.05, 0) is 61.6 Å². The minimum absolute atomic E-state index is 0.0415. The van der Waals surface area contributed by atoms with Crippen molar-refractivity contribution in [1.29, 1.82) is 0 Å². The number of benzene rings is 2. The Morgan fingerprint density at radius 3 is 2.80 bits per heavy atom. The highest BCUT2D eigenvalue weighted by Gasteiger charge is 2.20. The van der Waals surface area contributed by atoms with E-state index in [1.807, 2.05) is 43.3 Å². The predicted molar refractivity (Wildman–Crippen MR) is 119 cm³/mol. The molecule has 2 aromatic heterocycles. The molecule has 1 N–H and O–H groups in total. The zero-order valence-corrected chi connectivity index (χ0v) is 17.4. The Morgan fingerprint density at radius 1 is 1.10 bits per heavy atom. The number of thioether (sulfide) groups is 1. The third-order valence-corrected chi connectivity index (χ3v) is 6.47. The Morgan fingerprint density at radius 2 is 1.93 bits per heavy atom. The maximum Gasteiger partial charge on any atom is 0.237 e. The topological polar surface area (TPSA) is 72.7 Å². The maximum atomic E-state index is 12.8. The third-order valence-electron chi connectivity index (χ3n) is 5.35. The second kappa shape index (κ2) is 7.91. The molecule has 0 saturated heterocycles. The fourth-order valence-corrected chi connectivity index (χ4v) is 4.67. The lowest BCUT2D eigenvalue weighted by Gasteiger charge is -2.13. The lowest BCUT2D eigenvalue weighted by Crippen LogP contribution is -2.22. The summed E-state index contributed by atoms with van der Waals surface area (Å²) in [5.41, 5.74) is 5.26. The van der Waals surface area contributed by atoms with Crippen LogP contribution >= 0.6 is 11.8 Å². The number of carbonyl (C=O) groups excluding carboxylic acids is 1. The monoisotopic (exact) mass is 415 g/mol. The molecule has 30 heavy (non-hydrogen) atoms. The van der Waals surface area contributed by atoms with Gasteiger partial charge in [-0.25, -0.2) is 14.6 Å². The molecule has 1 atom stereocenters. The van der Waals surface area contributed by atoms with Gasteiger partial charge in [-0.15, -0.1) is 0 Å². The van der Waals surface area contributed by atoms with Crippen LogP contribution in [0.2, 0.25) is 0 Å². The molecule has 7 heteroatoms. The highest BCUT2D eigenvalue weighted by atomic mass is 32.2. The molecule has 2 heterocycles. The number of rotatable bonds is 5. The number of nitrogens with one attached hydrogen (secondary N) is 1. The van der Waals surface area contributed by atoms with Gasteiger partial charge < -0.3 is 5.32 Å². The second-order valence-corrected chi connectivity index (χ2v) is 8.72. The number of carbonyl (C=O) groups is 1. The highest BCUT2D eigenvalue weighted by molar-refractivity contribution is 8.00. The van der Waals surface area contributed by atoms with E-state index in [1.54, 1.807) is 10.9 Å². The summed E-state index contributed by atoms with van der Waals surface area (Å²) in [5, 5.41) is 8.80. The molecule has 1 aliphatic rings. The average Bonchev–Trinajstić information content (AvgIpc) is 3.41. The van der Waals surface area contributed by atoms with Crippen molar-refractivity contribution in [2.45, 2.75) is 36.5 Å². The van der Waals surface area contributed by atoms with Crippen molar-refractivity contribution >= 4 is 34.4 Å². The van der Waals surface area contributed by atoms with Gasteiger partial charge in [-0.2, -0.15) is 5.10 Å². The Hall–Kier alpha value is -3.19. The Bertz CT molecular complexity index is 1220. The van der Waals surface area contributed by atoms with Gasteiger partial charge in [0.15, 0.2) is 5.65 Å². The molecule has 0 aliphatic heterocycles. The van der Waals surface area contributed by atoms with Gasteiger partial charge in [-0.3, -0.25) is 4.79 Å². The van der Waals surface area contributed by atoms with Crippen LogP contribution in [0.4, 0.5) is 5.69 Å². The van der Waals surface area contributed by atoms with E-state index >= 15 is 0 Å². The Labute approximate surface area is 178 Å². The lowest BCUT2D eigenvalue weighted by atomic mass is 10.1. The minimum Gasteiger partial charge on any atom is -0.325 e. The molecule has 150 valence electrons. The summed E-state index contributed by atoms with van der Waals surface area (Å²) >= 11 is 1.42. The first-order valence-electron chi connectivity index (χ1n) is 10.0. The number of hydrogen-bond acceptors (Lipinski definition) is 5. The quantitative estimate of drug-likeness (QED) is 0.386. The fraction of sp³-hybridized carbons (Fsp3) is 0.217. The lowest BCUT2D eigenvalue weighted by molar-refractivity contribution is -0.115. The van der Waals surface area contributed by atoms with Crippen molar-refractivity contribution in [3.63, 3.8) is 0 Å². The molecule has 6 nitrogen and oxygen atoms in total. The van der Waals surface area contributed by atoms with E-state index in [0.717, 1.165) is 40.3 Å². The number of anilines is 1. The number of aryl methyl sites for hydroxylation is 2. The Balaban J connectivity index is 1.35. The molecule has 4 aromatic rings. The standard InChI is InChI=1S/C23H21N5OS/c1-15(22(29)27-18-11-10-16-6-5-7-17(16)12-18)30-23-20-13-26-28(21(20)24-14-25-23)19-8-3-2-4-9-19/h2-4,8-15H,5-7H2,1H3,(H,27,29)/t15-/m1/s1. The smallest absolute Gasteiger partial charge is 0.237 e. The maximum absolute atomic E-state index is 12.8. The van der Waals surface area contributed by atoms with Crippen molar-refractivity contribution in [2.75, 3.05) is 5.32 Å². The molecule has 0 bridgehead atoms. The molecule has 0 saturated carbocycles. The molecular formula is C23H21N5OS. The molecule has 5 rings (SSSR count). The molecule has 2 aromatic carbocycles. The van der Waals surface area contributed by atoms with E-state index in [4.69, 9.17) is 0 Å². The first-order valence-corrected chi connectivity index (χ1v) is 10.9. The van der Waals surface area contributed by atoms with Gasteiger partial charge in [0, 0.05) is 5.69 Å². The van der Waals surface area contributed by atoms with Crippen LogP contribution in [-0.2, 0) is 17.6 Å². The largest absolute Gasteiger partial charge is 0.325 e. The normalized spacial score (nSPS) is 13.9. The van der Waals surface area contributed by atoms with E-state index in [0.29, 0.717) is 0 Å². The molecule has 1 amide bonds. The van der Waals surface area contributed by atoms with E-state index in [9.17, 15) is 4.79 Å². The summed E-state index contributed by atoms with van der Waals surface area (Å²) in [7, 11) is 0. The van der Waals surface area contributed by atoms with E-state index in [1.165, 1.54) is 35.6 Å². The van der Waals surface area contributed by atoms with Crippen LogP contribution < -0.4 is 5.32 Å². The summed E-state index contributed by atoms with van der Waals surface area (Å²) in [5.74, 6) is -0.0415. The summed E-state index contributed by atoms with van der Waals surface area (Å²) < 4.78 is 1.79. The molecule has 0 radical (unpaired) electrons. The van der Waals surface area contributed by atoms with Gasteiger partial charge >= 0.3 is 0 Å². The van der Waals surface area contributed by atoms with Crippen molar-refractivity contribution in [3.8, 4) is 5.69 Å². The van der Waals surface area contributed by atoms with Gasteiger partial charge in [0.1, 0.15) is 11.4 Å². The van der Waals surface area contributed by atoms with Crippen LogP contribution in [0.3, 0.4) is 0 Å². The van der Waals surface area contributed by atoms with Crippen molar-refractivity contribution < 1.29 is 4.79 Å². The average molecular weight is 416 g/mol. The molecule has 0 fully saturated rings. The number of hydrogen-bond donors (Lipinski definition) is 1. The number of aromatic nitrogens is 4. The number of amides is 1. The van der Waals surface area contributed by atoms with Gasteiger partial charge in [0.25, 0.3) is 0 Å². The van der Waals surface area contributed by atoms with Crippen LogP contribution in [0, 0.1) is 0 Å². The van der Waals surface area contributed by atoms with Crippen LogP contribution in [0.25, 0.3) is 16.7 Å². The molecular weight excluding hydrogens is 394 g/mol. The van der Waals surface area contributed by atoms with Crippen molar-refractivity contribution in [2.24, 2.45) is 0 Å². The SMILES string of the molecule is C[C@@H](Sc1ncnc2c1cnn2-c1ccccc1)C(=O)Nc1ccc2c(c1)CCC2. The minimum atomic E-state index is -0.309. The van der Waals surface area contributed by atoms with E-state index in [2.05, 4.69) is 32.5 Å². The number of nitrogens with zero attached hydrogens (tertiary/aromatic N) is 4. The third kappa shape index (κ3) is 3.57. The number of fused-ring (bicyclic) bond motifs is 2. The summed E-state index contributed by atoms with van der Waals surface area (Å²) in [6, 6.07) is 16.1. The Kier molecular flexibility index (Phi) is 4.96. The summed E-state index contributed by atoms with van der Waals surface area (Å²) in [4.78, 5) is 21.6. The van der Waals surface area contributed by atoms with Crippen LogP contribution in [0.15, 0.2) is 66.1 Å². The zero-order valence-electron chi connectivity index (χ0n) is 16.6. The van der Waals surface area contributed by atoms with E-state index in [-0.39, 0.29) is 11.2 Å². The first kappa shape index (κ1) is 18.8. The molecule has 0 unspecified atom stereocenters. The van der Waals surface area contributed by atoms with Gasteiger partial charge in [0.2, 0.25) is 5.91 Å². The summed E-state index contributed by atoms with van der Waals surface area (Å²) in [6.45, 7) is 1.89. The first-order chi connectivity index (χ1) is 14.7. The predicted octanol–water partition coefficient (Wildman–Crippen LogP) is 4.42. The molecule has 1 aliphatic carbocycles. The van der Waals surface area contributed by atoms with Gasteiger partial charge in [0.05, 0.1) is 22.5 Å². The van der Waals surface area contributed by atoms with Gasteiger partial charge in [-0.1, -0.05) is 36.0 Å². The zero-order chi connectivity index (χ0) is 20.5. The molecule has 0 spiro atoms. The highest BCUT2D eigenvalue weighted by Crippen LogP contribution is 2.30. The van der Waals surface area contributed by atoms with Crippen molar-refractivity contribution in [1.82, 2.24) is 19.7 Å². The fourth-order valence-electron chi connectivity index (χ4n) is 3.79. The van der Waals surface area contributed by atoms with Crippen LogP contribution in [0.1, 0.15) is 24.5 Å². The van der Waals surface area contributed by atoms with E-state index < -0.39 is 0 Å². The number of para-hydroxylation sites is 1. The van der Waals surface area contributed by atoms with Crippen LogP contribution in [-0.4, -0.2) is 30.9 Å². The second-order valence-electron chi connectivity index (χ2n) is 7.39. The van der Waals surface area contributed by atoms with Crippen LogP contribution in [0.5, 0.6) is 0 Å². The van der Waals surface area contributed by atoms with Crippen molar-refractivity contribution in [3.05, 3.63) is 72.2 Å².